The minimum absolute atomic E-state index is 0.0241. The molecule has 4 atom stereocenters. The fourth-order valence-corrected chi connectivity index (χ4v) is 5.70. The number of benzene rings is 3. The van der Waals surface area contributed by atoms with Crippen molar-refractivity contribution in [3.63, 3.8) is 0 Å². The molecule has 3 aromatic rings. The standard InChI is InChI=1S/C33H34N6O8/c40-26-16-17-39-29(38-32(43)46-20-24-14-8-3-9-15-24)34-25-21-47-33(26,39)27(25)35-28(36-30(41)44-18-22-10-4-1-5-11-22)37-31(42)45-19-23-12-6-2-7-13-23/h1-15,25-27,40H,16-21H2,(H,34,38,43)(H2,35,36,37,41,42)/t25-,26+,27-,33+/m0/s1. The van der Waals surface area contributed by atoms with Crippen LogP contribution in [-0.4, -0.2) is 77.3 Å². The van der Waals surface area contributed by atoms with E-state index in [4.69, 9.17) is 18.9 Å². The van der Waals surface area contributed by atoms with Crippen molar-refractivity contribution in [2.24, 2.45) is 9.98 Å². The first kappa shape index (κ1) is 31.5. The first-order chi connectivity index (χ1) is 22.9. The molecule has 0 aliphatic carbocycles. The van der Waals surface area contributed by atoms with Gasteiger partial charge in [-0.05, 0) is 23.1 Å². The highest BCUT2D eigenvalue weighted by atomic mass is 16.6. The van der Waals surface area contributed by atoms with Gasteiger partial charge in [0.05, 0.1) is 6.61 Å². The van der Waals surface area contributed by atoms with E-state index in [9.17, 15) is 19.5 Å². The number of guanidine groups is 2. The van der Waals surface area contributed by atoms with Crippen molar-refractivity contribution in [2.75, 3.05) is 13.2 Å². The van der Waals surface area contributed by atoms with Gasteiger partial charge in [-0.2, -0.15) is 0 Å². The van der Waals surface area contributed by atoms with Gasteiger partial charge in [-0.15, -0.1) is 0 Å². The molecule has 0 radical (unpaired) electrons. The Labute approximate surface area is 270 Å². The lowest BCUT2D eigenvalue weighted by atomic mass is 9.94. The second kappa shape index (κ2) is 14.3. The van der Waals surface area contributed by atoms with E-state index in [0.29, 0.717) is 0 Å². The van der Waals surface area contributed by atoms with E-state index in [1.165, 1.54) is 0 Å². The minimum Gasteiger partial charge on any atom is -0.444 e. The predicted molar refractivity (Wildman–Crippen MR) is 168 cm³/mol. The van der Waals surface area contributed by atoms with Gasteiger partial charge in [0.1, 0.15) is 38.0 Å². The molecule has 244 valence electrons. The number of amides is 3. The van der Waals surface area contributed by atoms with Crippen LogP contribution in [0.1, 0.15) is 23.1 Å². The Hall–Kier alpha value is -5.47. The van der Waals surface area contributed by atoms with E-state index in [2.05, 4.69) is 25.9 Å². The third-order valence-electron chi connectivity index (χ3n) is 7.90. The highest BCUT2D eigenvalue weighted by Crippen LogP contribution is 2.45. The van der Waals surface area contributed by atoms with Crippen LogP contribution in [0.2, 0.25) is 0 Å². The zero-order valence-electron chi connectivity index (χ0n) is 25.3. The van der Waals surface area contributed by atoms with Crippen molar-refractivity contribution in [3.8, 4) is 0 Å². The van der Waals surface area contributed by atoms with E-state index in [-0.39, 0.29) is 51.3 Å². The van der Waals surface area contributed by atoms with E-state index >= 15 is 0 Å². The average molecular weight is 643 g/mol. The molecular formula is C33H34N6O8. The molecule has 0 unspecified atom stereocenters. The lowest BCUT2D eigenvalue weighted by Crippen LogP contribution is -2.65. The number of hydrogen-bond donors (Lipinski definition) is 4. The van der Waals surface area contributed by atoms with Crippen molar-refractivity contribution in [1.29, 1.82) is 0 Å². The molecule has 4 N–H and O–H groups in total. The number of carbonyl (C=O) groups excluding carboxylic acids is 3. The van der Waals surface area contributed by atoms with Crippen LogP contribution in [0.15, 0.2) is 101 Å². The van der Waals surface area contributed by atoms with Crippen molar-refractivity contribution in [3.05, 3.63) is 108 Å². The van der Waals surface area contributed by atoms with Gasteiger partial charge in [-0.1, -0.05) is 91.0 Å². The number of aliphatic hydroxyl groups is 1. The van der Waals surface area contributed by atoms with Gasteiger partial charge < -0.3 is 29.0 Å². The summed E-state index contributed by atoms with van der Waals surface area (Å²) in [4.78, 5) is 49.3. The highest BCUT2D eigenvalue weighted by molar-refractivity contribution is 6.01. The molecule has 3 aliphatic heterocycles. The summed E-state index contributed by atoms with van der Waals surface area (Å²) >= 11 is 0. The summed E-state index contributed by atoms with van der Waals surface area (Å²) in [5, 5.41) is 18.9. The van der Waals surface area contributed by atoms with Gasteiger partial charge in [0.25, 0.3) is 0 Å². The molecule has 3 aliphatic rings. The lowest BCUT2D eigenvalue weighted by Gasteiger charge is -2.43. The topological polar surface area (TPSA) is 172 Å². The van der Waals surface area contributed by atoms with Gasteiger partial charge in [0, 0.05) is 6.54 Å². The van der Waals surface area contributed by atoms with Crippen molar-refractivity contribution in [2.45, 2.75) is 50.2 Å². The number of fused-ring (bicyclic) bond motifs is 1. The zero-order valence-corrected chi connectivity index (χ0v) is 25.3. The Morgan fingerprint density at radius 3 is 1.81 bits per heavy atom. The number of nitrogens with one attached hydrogen (secondary N) is 3. The maximum absolute atomic E-state index is 12.8. The summed E-state index contributed by atoms with van der Waals surface area (Å²) in [6.07, 6.45) is -3.24. The molecule has 14 nitrogen and oxygen atoms in total. The first-order valence-electron chi connectivity index (χ1n) is 15.1. The molecule has 47 heavy (non-hydrogen) atoms. The van der Waals surface area contributed by atoms with Crippen molar-refractivity contribution >= 4 is 30.2 Å². The van der Waals surface area contributed by atoms with Crippen LogP contribution in [0.5, 0.6) is 0 Å². The van der Waals surface area contributed by atoms with E-state index in [1.54, 1.807) is 29.2 Å². The number of aliphatic imine (C=N–C) groups is 2. The fourth-order valence-electron chi connectivity index (χ4n) is 5.70. The highest BCUT2D eigenvalue weighted by Gasteiger charge is 2.65. The average Bonchev–Trinajstić information content (AvgIpc) is 3.56. The number of nitrogens with zero attached hydrogens (tertiary/aromatic N) is 3. The molecule has 3 amide bonds. The summed E-state index contributed by atoms with van der Waals surface area (Å²) in [6, 6.07) is 25.8. The molecule has 14 heteroatoms. The summed E-state index contributed by atoms with van der Waals surface area (Å²) < 4.78 is 22.2. The SMILES string of the molecule is O=C(NC(=N[C@H]1[C@@H]2CO[C@]13[C@H](O)CCN3C(NC(=O)OCc1ccccc1)=N2)NC(=O)OCc1ccccc1)OCc1ccccc1. The van der Waals surface area contributed by atoms with Crippen molar-refractivity contribution < 1.29 is 38.4 Å². The number of carbonyl (C=O) groups is 3. The predicted octanol–water partition coefficient (Wildman–Crippen LogP) is 3.02. The van der Waals surface area contributed by atoms with Crippen LogP contribution in [-0.2, 0) is 38.8 Å². The molecular weight excluding hydrogens is 608 g/mol. The summed E-state index contributed by atoms with van der Waals surface area (Å²) in [6.45, 7) is 0.345. The Balaban J connectivity index is 1.20. The number of ether oxygens (including phenoxy) is 4. The number of hydrogen-bond acceptors (Lipinski definition) is 11. The zero-order chi connectivity index (χ0) is 32.6. The van der Waals surface area contributed by atoms with Crippen LogP contribution in [0, 0.1) is 0 Å². The Kier molecular flexibility index (Phi) is 9.59. The maximum atomic E-state index is 12.8. The summed E-state index contributed by atoms with van der Waals surface area (Å²) in [5.41, 5.74) is 0.896. The normalized spacial score (nSPS) is 22.3. The molecule has 0 aromatic heterocycles. The fraction of sp³-hybridized carbons (Fsp3) is 0.303. The molecule has 2 saturated heterocycles. The van der Waals surface area contributed by atoms with Gasteiger partial charge >= 0.3 is 18.3 Å². The number of aliphatic hydroxyl groups excluding tert-OH is 1. The van der Waals surface area contributed by atoms with Gasteiger partial charge in [-0.25, -0.2) is 24.4 Å². The molecule has 3 heterocycles. The van der Waals surface area contributed by atoms with Crippen LogP contribution in [0.3, 0.4) is 0 Å². The Morgan fingerprint density at radius 2 is 1.30 bits per heavy atom. The van der Waals surface area contributed by atoms with E-state index in [1.807, 2.05) is 66.7 Å². The molecule has 2 bridgehead atoms. The first-order valence-corrected chi connectivity index (χ1v) is 15.1. The van der Waals surface area contributed by atoms with E-state index < -0.39 is 42.2 Å². The van der Waals surface area contributed by atoms with Crippen LogP contribution < -0.4 is 16.0 Å². The van der Waals surface area contributed by atoms with Gasteiger partial charge in [0.15, 0.2) is 5.72 Å². The second-order valence-electron chi connectivity index (χ2n) is 11.0. The quantitative estimate of drug-likeness (QED) is 0.172. The van der Waals surface area contributed by atoms with Crippen LogP contribution in [0.4, 0.5) is 14.4 Å². The largest absolute Gasteiger partial charge is 0.444 e. The molecule has 1 spiro atoms. The molecule has 2 fully saturated rings. The monoisotopic (exact) mass is 642 g/mol. The third kappa shape index (κ3) is 7.34. The second-order valence-corrected chi connectivity index (χ2v) is 11.0. The summed E-state index contributed by atoms with van der Waals surface area (Å²) in [5.74, 6) is -0.116. The third-order valence-corrected chi connectivity index (χ3v) is 7.90. The minimum atomic E-state index is -1.44. The lowest BCUT2D eigenvalue weighted by molar-refractivity contribution is -0.135. The Bertz CT molecular complexity index is 1560. The number of alkyl carbamates (subject to hydrolysis) is 3. The van der Waals surface area contributed by atoms with Gasteiger partial charge in [0.2, 0.25) is 11.9 Å². The smallest absolute Gasteiger partial charge is 0.414 e. The maximum Gasteiger partial charge on any atom is 0.414 e. The number of rotatable bonds is 7. The van der Waals surface area contributed by atoms with Gasteiger partial charge in [-0.3, -0.25) is 16.0 Å². The van der Waals surface area contributed by atoms with E-state index in [0.717, 1.165) is 16.7 Å². The molecule has 0 saturated carbocycles. The summed E-state index contributed by atoms with van der Waals surface area (Å²) in [7, 11) is 0. The molecule has 3 aromatic carbocycles. The van der Waals surface area contributed by atoms with Crippen molar-refractivity contribution in [1.82, 2.24) is 20.9 Å². The Morgan fingerprint density at radius 1 is 0.809 bits per heavy atom. The van der Waals surface area contributed by atoms with Crippen LogP contribution >= 0.6 is 0 Å². The van der Waals surface area contributed by atoms with Crippen LogP contribution in [0.25, 0.3) is 0 Å². The molecule has 6 rings (SSSR count).